The predicted molar refractivity (Wildman–Crippen MR) is 127 cm³/mol. The Hall–Kier alpha value is -3.02. The fraction of sp³-hybridized carbons (Fsp3) is 0.481. The molecule has 1 heterocycles. The predicted octanol–water partition coefficient (Wildman–Crippen LogP) is 5.42. The van der Waals surface area contributed by atoms with E-state index in [0.717, 1.165) is 50.5 Å². The van der Waals surface area contributed by atoms with E-state index in [9.17, 15) is 9.59 Å². The van der Waals surface area contributed by atoms with Crippen molar-refractivity contribution in [3.63, 3.8) is 0 Å². The quantitative estimate of drug-likeness (QED) is 0.518. The molecule has 1 aromatic heterocycles. The molecule has 1 unspecified atom stereocenters. The second kappa shape index (κ2) is 11.2. The lowest BCUT2D eigenvalue weighted by Crippen LogP contribution is -2.46. The van der Waals surface area contributed by atoms with Gasteiger partial charge in [-0.15, -0.1) is 0 Å². The number of ether oxygens (including phenoxy) is 1. The second-order valence-electron chi connectivity index (χ2n) is 9.00. The number of nitrogens with one attached hydrogen (secondary N) is 1. The van der Waals surface area contributed by atoms with E-state index in [1.807, 2.05) is 24.3 Å². The minimum Gasteiger partial charge on any atom is -0.497 e. The van der Waals surface area contributed by atoms with Crippen molar-refractivity contribution in [3.8, 4) is 5.75 Å². The molecule has 0 spiro atoms. The van der Waals surface area contributed by atoms with Crippen LogP contribution < -0.4 is 10.1 Å². The third kappa shape index (κ3) is 5.86. The van der Waals surface area contributed by atoms with E-state index in [0.29, 0.717) is 12.3 Å². The highest BCUT2D eigenvalue weighted by molar-refractivity contribution is 5.96. The standard InChI is InChI=1S/C27H34N2O4/c1-32-23-14-7-11-21(19-23)25(26(30)28-22-12-5-6-13-22)29(27(31)24-15-8-18-33-24)17-16-20-9-3-2-4-10-20/h7-9,11,14-15,18-19,22,25H,2-6,10,12-13,16-17H2,1H3,(H,28,30). The van der Waals surface area contributed by atoms with Gasteiger partial charge in [-0.05, 0) is 74.8 Å². The van der Waals surface area contributed by atoms with Crippen LogP contribution in [-0.4, -0.2) is 36.4 Å². The number of hydrogen-bond donors (Lipinski definition) is 1. The summed E-state index contributed by atoms with van der Waals surface area (Å²) in [4.78, 5) is 28.9. The first kappa shape index (κ1) is 23.1. The Morgan fingerprint density at radius 2 is 2.00 bits per heavy atom. The van der Waals surface area contributed by atoms with Crippen LogP contribution in [0.3, 0.4) is 0 Å². The van der Waals surface area contributed by atoms with Crippen LogP contribution >= 0.6 is 0 Å². The van der Waals surface area contributed by atoms with Crippen molar-refractivity contribution in [1.82, 2.24) is 10.2 Å². The van der Waals surface area contributed by atoms with E-state index in [1.165, 1.54) is 24.7 Å². The Balaban J connectivity index is 1.67. The lowest BCUT2D eigenvalue weighted by Gasteiger charge is -2.32. The highest BCUT2D eigenvalue weighted by Crippen LogP contribution is 2.30. The van der Waals surface area contributed by atoms with Gasteiger partial charge in [0.25, 0.3) is 5.91 Å². The van der Waals surface area contributed by atoms with E-state index in [2.05, 4.69) is 11.4 Å². The largest absolute Gasteiger partial charge is 0.497 e. The number of benzene rings is 1. The summed E-state index contributed by atoms with van der Waals surface area (Å²) < 4.78 is 10.9. The van der Waals surface area contributed by atoms with Crippen molar-refractivity contribution in [1.29, 1.82) is 0 Å². The van der Waals surface area contributed by atoms with E-state index in [1.54, 1.807) is 24.1 Å². The number of hydrogen-bond acceptors (Lipinski definition) is 4. The van der Waals surface area contributed by atoms with Crippen LogP contribution in [0, 0.1) is 0 Å². The van der Waals surface area contributed by atoms with Crippen molar-refractivity contribution >= 4 is 11.8 Å². The van der Waals surface area contributed by atoms with Crippen LogP contribution in [0.1, 0.15) is 79.9 Å². The number of furan rings is 1. The summed E-state index contributed by atoms with van der Waals surface area (Å²) in [5.74, 6) is 0.485. The van der Waals surface area contributed by atoms with Gasteiger partial charge in [-0.25, -0.2) is 0 Å². The minimum atomic E-state index is -0.762. The number of allylic oxidation sites excluding steroid dienone is 1. The maximum atomic E-state index is 13.7. The molecule has 4 rings (SSSR count). The molecule has 2 aliphatic rings. The third-order valence-corrected chi connectivity index (χ3v) is 6.72. The Kier molecular flexibility index (Phi) is 7.87. The molecule has 1 N–H and O–H groups in total. The molecule has 6 nitrogen and oxygen atoms in total. The highest BCUT2D eigenvalue weighted by atomic mass is 16.5. The first-order valence-electron chi connectivity index (χ1n) is 12.1. The van der Waals surface area contributed by atoms with Crippen LogP contribution in [-0.2, 0) is 4.79 Å². The first-order valence-corrected chi connectivity index (χ1v) is 12.1. The lowest BCUT2D eigenvalue weighted by atomic mass is 9.96. The third-order valence-electron chi connectivity index (χ3n) is 6.72. The highest BCUT2D eigenvalue weighted by Gasteiger charge is 2.34. The van der Waals surface area contributed by atoms with Gasteiger partial charge >= 0.3 is 0 Å². The summed E-state index contributed by atoms with van der Waals surface area (Å²) in [5, 5.41) is 3.21. The smallest absolute Gasteiger partial charge is 0.290 e. The monoisotopic (exact) mass is 450 g/mol. The number of amides is 2. The second-order valence-corrected chi connectivity index (χ2v) is 9.00. The molecule has 2 aromatic rings. The summed E-state index contributed by atoms with van der Waals surface area (Å²) >= 11 is 0. The van der Waals surface area contributed by atoms with Crippen molar-refractivity contribution in [2.24, 2.45) is 0 Å². The Morgan fingerprint density at radius 1 is 1.15 bits per heavy atom. The maximum Gasteiger partial charge on any atom is 0.290 e. The molecule has 1 fully saturated rings. The Bertz CT molecular complexity index is 960. The molecule has 33 heavy (non-hydrogen) atoms. The zero-order valence-corrected chi connectivity index (χ0v) is 19.4. The van der Waals surface area contributed by atoms with Gasteiger partial charge in [0.2, 0.25) is 5.91 Å². The van der Waals surface area contributed by atoms with Gasteiger partial charge in [-0.2, -0.15) is 0 Å². The van der Waals surface area contributed by atoms with Crippen LogP contribution in [0.4, 0.5) is 0 Å². The molecular formula is C27H34N2O4. The molecule has 0 radical (unpaired) electrons. The van der Waals surface area contributed by atoms with Gasteiger partial charge in [0.1, 0.15) is 11.8 Å². The molecule has 1 atom stereocenters. The van der Waals surface area contributed by atoms with E-state index in [4.69, 9.17) is 9.15 Å². The van der Waals surface area contributed by atoms with E-state index < -0.39 is 6.04 Å². The number of methoxy groups -OCH3 is 1. The minimum absolute atomic E-state index is 0.146. The molecule has 0 saturated heterocycles. The molecule has 6 heteroatoms. The number of rotatable bonds is 9. The molecular weight excluding hydrogens is 416 g/mol. The van der Waals surface area contributed by atoms with Crippen molar-refractivity contribution in [2.75, 3.05) is 13.7 Å². The van der Waals surface area contributed by atoms with Crippen molar-refractivity contribution in [3.05, 3.63) is 65.6 Å². The van der Waals surface area contributed by atoms with Gasteiger partial charge in [-0.3, -0.25) is 9.59 Å². The average Bonchev–Trinajstić information content (AvgIpc) is 3.56. The molecule has 1 aromatic carbocycles. The average molecular weight is 451 g/mol. The topological polar surface area (TPSA) is 71.8 Å². The lowest BCUT2D eigenvalue weighted by molar-refractivity contribution is -0.126. The zero-order chi connectivity index (χ0) is 23.0. The molecule has 2 amide bonds. The van der Waals surface area contributed by atoms with E-state index >= 15 is 0 Å². The number of carbonyl (C=O) groups excluding carboxylic acids is 2. The van der Waals surface area contributed by atoms with Crippen LogP contribution in [0.25, 0.3) is 0 Å². The fourth-order valence-electron chi connectivity index (χ4n) is 4.92. The fourth-order valence-corrected chi connectivity index (χ4v) is 4.92. The van der Waals surface area contributed by atoms with Crippen LogP contribution in [0.15, 0.2) is 58.7 Å². The summed E-state index contributed by atoms with van der Waals surface area (Å²) in [6, 6.07) is 10.2. The van der Waals surface area contributed by atoms with Crippen LogP contribution in [0.5, 0.6) is 5.75 Å². The summed E-state index contributed by atoms with van der Waals surface area (Å²) in [7, 11) is 1.61. The van der Waals surface area contributed by atoms with Gasteiger partial charge in [-0.1, -0.05) is 36.6 Å². The molecule has 0 aliphatic heterocycles. The number of carbonyl (C=O) groups is 2. The Morgan fingerprint density at radius 3 is 2.70 bits per heavy atom. The van der Waals surface area contributed by atoms with E-state index in [-0.39, 0.29) is 23.6 Å². The zero-order valence-electron chi connectivity index (χ0n) is 19.4. The normalized spacial score (nSPS) is 17.3. The summed E-state index contributed by atoms with van der Waals surface area (Å²) in [6.45, 7) is 0.450. The van der Waals surface area contributed by atoms with Gasteiger partial charge in [0, 0.05) is 12.6 Å². The Labute approximate surface area is 196 Å². The van der Waals surface area contributed by atoms with Crippen molar-refractivity contribution in [2.45, 2.75) is 69.9 Å². The first-order chi connectivity index (χ1) is 16.2. The van der Waals surface area contributed by atoms with Crippen molar-refractivity contribution < 1.29 is 18.7 Å². The number of nitrogens with zero attached hydrogens (tertiary/aromatic N) is 1. The summed E-state index contributed by atoms with van der Waals surface area (Å²) in [5.41, 5.74) is 2.10. The van der Waals surface area contributed by atoms with Gasteiger partial charge < -0.3 is 19.4 Å². The SMILES string of the molecule is COc1cccc(C(C(=O)NC2CCCC2)N(CCC2=CCCCC2)C(=O)c2ccco2)c1. The summed E-state index contributed by atoms with van der Waals surface area (Å²) in [6.07, 6.45) is 13.3. The molecule has 0 bridgehead atoms. The van der Waals surface area contributed by atoms with Crippen LogP contribution in [0.2, 0.25) is 0 Å². The van der Waals surface area contributed by atoms with Gasteiger partial charge in [0.05, 0.1) is 13.4 Å². The van der Waals surface area contributed by atoms with Gasteiger partial charge in [0.15, 0.2) is 5.76 Å². The molecule has 176 valence electrons. The maximum absolute atomic E-state index is 13.7. The molecule has 1 saturated carbocycles. The molecule has 2 aliphatic carbocycles.